The highest BCUT2D eigenvalue weighted by Crippen LogP contribution is 2.37. The fraction of sp³-hybridized carbons (Fsp3) is 0.353. The smallest absolute Gasteiger partial charge is 0.350 e. The second kappa shape index (κ2) is 9.75. The van der Waals surface area contributed by atoms with Crippen LogP contribution in [0.4, 0.5) is 0 Å². The quantitative estimate of drug-likeness (QED) is 0.521. The van der Waals surface area contributed by atoms with Gasteiger partial charge in [-0.05, 0) is 25.5 Å². The summed E-state index contributed by atoms with van der Waals surface area (Å²) in [5, 5.41) is 4.09. The number of carbonyl (C=O) groups is 3. The fourth-order valence-corrected chi connectivity index (χ4v) is 3.79. The average Bonchev–Trinajstić information content (AvgIpc) is 2.93. The molecule has 0 aliphatic rings. The van der Waals surface area contributed by atoms with Crippen LogP contribution < -0.4 is 5.32 Å². The highest BCUT2D eigenvalue weighted by Gasteiger charge is 2.19. The number of nitrogens with one attached hydrogen (secondary N) is 1. The molecule has 1 aromatic carbocycles. The standard InChI is InChI=1S/C17H17Cl2NO5S/c1-2-24-14(22)4-3-7-20-13(21)9-25-17(23)16-15(19)11-6-5-10(18)8-12(11)26-16/h5-6,8H,2-4,7,9H2,1H3,(H,20,21). The Labute approximate surface area is 164 Å². The summed E-state index contributed by atoms with van der Waals surface area (Å²) >= 11 is 13.3. The number of hydrogen-bond acceptors (Lipinski definition) is 6. The molecule has 1 aromatic heterocycles. The molecular formula is C17H17Cl2NO5S. The van der Waals surface area contributed by atoms with Gasteiger partial charge in [-0.3, -0.25) is 9.59 Å². The average molecular weight is 418 g/mol. The van der Waals surface area contributed by atoms with E-state index in [1.807, 2.05) is 0 Å². The molecule has 0 saturated heterocycles. The van der Waals surface area contributed by atoms with Crippen LogP contribution in [0.3, 0.4) is 0 Å². The van der Waals surface area contributed by atoms with Crippen molar-refractivity contribution in [3.05, 3.63) is 33.1 Å². The zero-order valence-corrected chi connectivity index (χ0v) is 16.3. The van der Waals surface area contributed by atoms with E-state index in [9.17, 15) is 14.4 Å². The monoisotopic (exact) mass is 417 g/mol. The second-order valence-corrected chi connectivity index (χ2v) is 7.09. The number of rotatable bonds is 8. The summed E-state index contributed by atoms with van der Waals surface area (Å²) in [6, 6.07) is 5.12. The van der Waals surface area contributed by atoms with Gasteiger partial charge < -0.3 is 14.8 Å². The number of hydrogen-bond donors (Lipinski definition) is 1. The van der Waals surface area contributed by atoms with Gasteiger partial charge in [-0.25, -0.2) is 4.79 Å². The van der Waals surface area contributed by atoms with E-state index in [1.165, 1.54) is 0 Å². The Bertz CT molecular complexity index is 821. The number of halogens is 2. The van der Waals surface area contributed by atoms with Crippen LogP contribution in [0, 0.1) is 0 Å². The van der Waals surface area contributed by atoms with E-state index in [0.29, 0.717) is 23.4 Å². The van der Waals surface area contributed by atoms with Crippen LogP contribution in [0.1, 0.15) is 29.4 Å². The van der Waals surface area contributed by atoms with Crippen LogP contribution in [0.2, 0.25) is 10.0 Å². The largest absolute Gasteiger partial charge is 0.466 e. The predicted octanol–water partition coefficient (Wildman–Crippen LogP) is 3.82. The van der Waals surface area contributed by atoms with Crippen LogP contribution in [0.25, 0.3) is 10.1 Å². The summed E-state index contributed by atoms with van der Waals surface area (Å²) in [4.78, 5) is 35.2. The van der Waals surface area contributed by atoms with Gasteiger partial charge in [0.25, 0.3) is 5.91 Å². The van der Waals surface area contributed by atoms with Gasteiger partial charge in [0.2, 0.25) is 0 Å². The molecule has 9 heteroatoms. The van der Waals surface area contributed by atoms with Gasteiger partial charge in [-0.15, -0.1) is 11.3 Å². The third-order valence-corrected chi connectivity index (χ3v) is 5.17. The molecule has 0 aliphatic heterocycles. The summed E-state index contributed by atoms with van der Waals surface area (Å²) in [5.74, 6) is -1.44. The first kappa shape index (κ1) is 20.5. The van der Waals surface area contributed by atoms with Crippen molar-refractivity contribution in [2.24, 2.45) is 0 Å². The van der Waals surface area contributed by atoms with E-state index in [0.717, 1.165) is 16.0 Å². The summed E-state index contributed by atoms with van der Waals surface area (Å²) < 4.78 is 10.5. The Morgan fingerprint density at radius 1 is 1.19 bits per heavy atom. The highest BCUT2D eigenvalue weighted by molar-refractivity contribution is 7.21. The normalized spacial score (nSPS) is 10.6. The molecule has 0 spiro atoms. The maximum atomic E-state index is 12.1. The van der Waals surface area contributed by atoms with E-state index in [1.54, 1.807) is 25.1 Å². The molecule has 2 rings (SSSR count). The first-order valence-electron chi connectivity index (χ1n) is 7.89. The van der Waals surface area contributed by atoms with E-state index in [-0.39, 0.29) is 28.8 Å². The Morgan fingerprint density at radius 3 is 2.69 bits per heavy atom. The van der Waals surface area contributed by atoms with Gasteiger partial charge in [0.05, 0.1) is 11.6 Å². The zero-order chi connectivity index (χ0) is 19.1. The lowest BCUT2D eigenvalue weighted by Gasteiger charge is -2.06. The Balaban J connectivity index is 1.80. The van der Waals surface area contributed by atoms with Crippen LogP contribution in [-0.4, -0.2) is 37.6 Å². The van der Waals surface area contributed by atoms with Crippen LogP contribution in [0.15, 0.2) is 18.2 Å². The summed E-state index contributed by atoms with van der Waals surface area (Å²) in [6.45, 7) is 1.92. The Morgan fingerprint density at radius 2 is 1.96 bits per heavy atom. The van der Waals surface area contributed by atoms with Crippen molar-refractivity contribution in [2.75, 3.05) is 19.8 Å². The van der Waals surface area contributed by atoms with Gasteiger partial charge in [0.1, 0.15) is 4.88 Å². The third-order valence-electron chi connectivity index (χ3n) is 3.30. The molecule has 1 heterocycles. The van der Waals surface area contributed by atoms with E-state index < -0.39 is 18.5 Å². The van der Waals surface area contributed by atoms with E-state index in [2.05, 4.69) is 5.32 Å². The minimum absolute atomic E-state index is 0.216. The zero-order valence-electron chi connectivity index (χ0n) is 14.0. The molecule has 26 heavy (non-hydrogen) atoms. The van der Waals surface area contributed by atoms with Crippen LogP contribution in [-0.2, 0) is 19.1 Å². The van der Waals surface area contributed by atoms with Crippen LogP contribution >= 0.6 is 34.5 Å². The number of amides is 1. The number of benzene rings is 1. The lowest BCUT2D eigenvalue weighted by molar-refractivity contribution is -0.143. The molecule has 1 N–H and O–H groups in total. The number of fused-ring (bicyclic) bond motifs is 1. The molecule has 1 amide bonds. The van der Waals surface area contributed by atoms with Gasteiger partial charge >= 0.3 is 11.9 Å². The van der Waals surface area contributed by atoms with Crippen molar-refractivity contribution >= 4 is 62.5 Å². The lowest BCUT2D eigenvalue weighted by Crippen LogP contribution is -2.29. The maximum absolute atomic E-state index is 12.1. The van der Waals surface area contributed by atoms with E-state index >= 15 is 0 Å². The molecule has 140 valence electrons. The fourth-order valence-electron chi connectivity index (χ4n) is 2.11. The van der Waals surface area contributed by atoms with E-state index in [4.69, 9.17) is 32.7 Å². The van der Waals surface area contributed by atoms with Crippen molar-refractivity contribution in [1.82, 2.24) is 5.32 Å². The lowest BCUT2D eigenvalue weighted by atomic mass is 10.2. The molecule has 0 aliphatic carbocycles. The second-order valence-electron chi connectivity index (χ2n) is 5.22. The molecule has 2 aromatic rings. The number of ether oxygens (including phenoxy) is 2. The molecule has 0 radical (unpaired) electrons. The van der Waals surface area contributed by atoms with Crippen molar-refractivity contribution in [3.63, 3.8) is 0 Å². The summed E-state index contributed by atoms with van der Waals surface area (Å²) in [6.07, 6.45) is 0.662. The number of carbonyl (C=O) groups excluding carboxylic acids is 3. The maximum Gasteiger partial charge on any atom is 0.350 e. The molecule has 6 nitrogen and oxygen atoms in total. The molecule has 0 atom stereocenters. The minimum Gasteiger partial charge on any atom is -0.466 e. The van der Waals surface area contributed by atoms with Gasteiger partial charge in [0.15, 0.2) is 6.61 Å². The SMILES string of the molecule is CCOC(=O)CCCNC(=O)COC(=O)c1sc2cc(Cl)ccc2c1Cl. The van der Waals surface area contributed by atoms with Gasteiger partial charge in [-0.1, -0.05) is 29.3 Å². The third kappa shape index (κ3) is 5.59. The number of thiophene rings is 1. The first-order chi connectivity index (χ1) is 12.4. The molecule has 0 fully saturated rings. The van der Waals surface area contributed by atoms with Crippen molar-refractivity contribution in [2.45, 2.75) is 19.8 Å². The Hall–Kier alpha value is -1.83. The minimum atomic E-state index is -0.672. The predicted molar refractivity (Wildman–Crippen MR) is 101 cm³/mol. The number of esters is 2. The van der Waals surface area contributed by atoms with Crippen molar-refractivity contribution < 1.29 is 23.9 Å². The van der Waals surface area contributed by atoms with Crippen molar-refractivity contribution in [3.8, 4) is 0 Å². The summed E-state index contributed by atoms with van der Waals surface area (Å²) in [7, 11) is 0. The van der Waals surface area contributed by atoms with Gasteiger partial charge in [-0.2, -0.15) is 0 Å². The highest BCUT2D eigenvalue weighted by atomic mass is 35.5. The molecular weight excluding hydrogens is 401 g/mol. The van der Waals surface area contributed by atoms with Crippen molar-refractivity contribution in [1.29, 1.82) is 0 Å². The molecule has 0 bridgehead atoms. The topological polar surface area (TPSA) is 81.7 Å². The van der Waals surface area contributed by atoms with Crippen LogP contribution in [0.5, 0.6) is 0 Å². The summed E-state index contributed by atoms with van der Waals surface area (Å²) in [5.41, 5.74) is 0. The molecule has 0 saturated carbocycles. The van der Waals surface area contributed by atoms with Gasteiger partial charge in [0, 0.05) is 28.1 Å². The Kier molecular flexibility index (Phi) is 7.68. The molecule has 0 unspecified atom stereocenters. The first-order valence-corrected chi connectivity index (χ1v) is 9.46.